The molecule has 1 amide bonds. The number of hydrogen-bond acceptors (Lipinski definition) is 2. The Morgan fingerprint density at radius 1 is 1.29 bits per heavy atom. The average molecular weight is 283 g/mol. The molecular formula is C17H21N3O. The largest absolute Gasteiger partial charge is 0.339 e. The molecule has 4 nitrogen and oxygen atoms in total. The minimum atomic E-state index is 0.0845. The Kier molecular flexibility index (Phi) is 4.04. The molecule has 0 atom stereocenters. The summed E-state index contributed by atoms with van der Waals surface area (Å²) < 4.78 is 1.82. The van der Waals surface area contributed by atoms with Gasteiger partial charge in [0, 0.05) is 19.3 Å². The van der Waals surface area contributed by atoms with Crippen molar-refractivity contribution >= 4 is 5.91 Å². The van der Waals surface area contributed by atoms with Gasteiger partial charge in [0.25, 0.3) is 5.91 Å². The summed E-state index contributed by atoms with van der Waals surface area (Å²) in [5.74, 6) is 0.0845. The molecule has 0 bridgehead atoms. The smallest absolute Gasteiger partial charge is 0.257 e. The number of carbonyl (C=O) groups excluding carboxylic acids is 1. The van der Waals surface area contributed by atoms with Crippen molar-refractivity contribution in [2.24, 2.45) is 0 Å². The lowest BCUT2D eigenvalue weighted by Crippen LogP contribution is -2.34. The van der Waals surface area contributed by atoms with Crippen LogP contribution in [-0.4, -0.2) is 33.7 Å². The van der Waals surface area contributed by atoms with Gasteiger partial charge in [0.15, 0.2) is 0 Å². The van der Waals surface area contributed by atoms with Crippen molar-refractivity contribution in [2.75, 3.05) is 7.05 Å². The van der Waals surface area contributed by atoms with E-state index in [1.54, 1.807) is 6.20 Å². The molecule has 0 radical (unpaired) electrons. The monoisotopic (exact) mass is 283 g/mol. The first-order chi connectivity index (χ1) is 10.2. The Balaban J connectivity index is 1.68. The zero-order valence-electron chi connectivity index (χ0n) is 12.4. The normalized spacial score (nSPS) is 15.3. The quantitative estimate of drug-likeness (QED) is 0.865. The second kappa shape index (κ2) is 6.12. The van der Waals surface area contributed by atoms with E-state index in [0.29, 0.717) is 18.2 Å². The lowest BCUT2D eigenvalue weighted by Gasteiger charge is -2.23. The Labute approximate surface area is 125 Å². The highest BCUT2D eigenvalue weighted by atomic mass is 16.2. The molecule has 3 rings (SSSR count). The third-order valence-electron chi connectivity index (χ3n) is 4.26. The van der Waals surface area contributed by atoms with Gasteiger partial charge in [0.2, 0.25) is 0 Å². The Morgan fingerprint density at radius 2 is 2.00 bits per heavy atom. The molecule has 1 aliphatic rings. The van der Waals surface area contributed by atoms with Crippen LogP contribution in [0.4, 0.5) is 0 Å². The van der Waals surface area contributed by atoms with E-state index >= 15 is 0 Å². The van der Waals surface area contributed by atoms with Gasteiger partial charge in [-0.3, -0.25) is 9.48 Å². The van der Waals surface area contributed by atoms with Crippen LogP contribution in [0.2, 0.25) is 0 Å². The van der Waals surface area contributed by atoms with E-state index in [1.165, 1.54) is 18.4 Å². The fourth-order valence-electron chi connectivity index (χ4n) is 2.99. The Hall–Kier alpha value is -2.10. The molecule has 0 unspecified atom stereocenters. The molecule has 1 aromatic carbocycles. The minimum Gasteiger partial charge on any atom is -0.339 e. The fraction of sp³-hybridized carbons (Fsp3) is 0.412. The molecule has 0 aliphatic heterocycles. The number of amides is 1. The molecular weight excluding hydrogens is 262 g/mol. The van der Waals surface area contributed by atoms with E-state index < -0.39 is 0 Å². The molecule has 0 saturated heterocycles. The molecule has 21 heavy (non-hydrogen) atoms. The van der Waals surface area contributed by atoms with E-state index in [0.717, 1.165) is 12.8 Å². The second-order valence-corrected chi connectivity index (χ2v) is 5.77. The van der Waals surface area contributed by atoms with Gasteiger partial charge in [-0.1, -0.05) is 43.2 Å². The third-order valence-corrected chi connectivity index (χ3v) is 4.26. The fourth-order valence-corrected chi connectivity index (χ4v) is 2.99. The summed E-state index contributed by atoms with van der Waals surface area (Å²) in [5.41, 5.74) is 1.86. The highest BCUT2D eigenvalue weighted by molar-refractivity contribution is 5.93. The van der Waals surface area contributed by atoms with Crippen molar-refractivity contribution in [1.82, 2.24) is 14.7 Å². The van der Waals surface area contributed by atoms with Crippen molar-refractivity contribution in [3.05, 3.63) is 53.9 Å². The second-order valence-electron chi connectivity index (χ2n) is 5.77. The lowest BCUT2D eigenvalue weighted by molar-refractivity contribution is 0.0735. The van der Waals surface area contributed by atoms with Crippen LogP contribution in [0.3, 0.4) is 0 Å². The maximum Gasteiger partial charge on any atom is 0.257 e. The Morgan fingerprint density at radius 3 is 2.71 bits per heavy atom. The predicted molar refractivity (Wildman–Crippen MR) is 82.1 cm³/mol. The Bertz CT molecular complexity index is 600. The van der Waals surface area contributed by atoms with Gasteiger partial charge < -0.3 is 4.90 Å². The van der Waals surface area contributed by atoms with E-state index in [1.807, 2.05) is 41.0 Å². The molecule has 1 aromatic heterocycles. The topological polar surface area (TPSA) is 38.1 Å². The van der Waals surface area contributed by atoms with E-state index in [2.05, 4.69) is 17.2 Å². The molecule has 4 heteroatoms. The number of hydrogen-bond donors (Lipinski definition) is 0. The number of rotatable bonds is 4. The zero-order valence-corrected chi connectivity index (χ0v) is 12.4. The summed E-state index contributed by atoms with van der Waals surface area (Å²) in [7, 11) is 1.91. The van der Waals surface area contributed by atoms with Crippen LogP contribution >= 0.6 is 0 Å². The van der Waals surface area contributed by atoms with Crippen LogP contribution < -0.4 is 0 Å². The number of nitrogens with zero attached hydrogens (tertiary/aromatic N) is 3. The maximum absolute atomic E-state index is 12.5. The van der Waals surface area contributed by atoms with Gasteiger partial charge in [-0.25, -0.2) is 0 Å². The highest BCUT2D eigenvalue weighted by Gasteiger charge is 2.24. The van der Waals surface area contributed by atoms with E-state index in [4.69, 9.17) is 0 Å². The van der Waals surface area contributed by atoms with E-state index in [9.17, 15) is 4.79 Å². The van der Waals surface area contributed by atoms with Crippen molar-refractivity contribution in [1.29, 1.82) is 0 Å². The van der Waals surface area contributed by atoms with Gasteiger partial charge >= 0.3 is 0 Å². The summed E-state index contributed by atoms with van der Waals surface area (Å²) in [5, 5.41) is 4.31. The first-order valence-electron chi connectivity index (χ1n) is 7.57. The summed E-state index contributed by atoms with van der Waals surface area (Å²) in [4.78, 5) is 14.4. The SMILES string of the molecule is CN(C(=O)c1cnn(Cc2ccccc2)c1)C1CCCC1. The lowest BCUT2D eigenvalue weighted by atomic mass is 10.2. The van der Waals surface area contributed by atoms with Crippen LogP contribution in [0.5, 0.6) is 0 Å². The third kappa shape index (κ3) is 3.15. The summed E-state index contributed by atoms with van der Waals surface area (Å²) in [6.45, 7) is 0.696. The molecule has 0 spiro atoms. The van der Waals surface area contributed by atoms with Crippen LogP contribution in [0.25, 0.3) is 0 Å². The van der Waals surface area contributed by atoms with Crippen LogP contribution in [0.1, 0.15) is 41.6 Å². The van der Waals surface area contributed by atoms with Crippen molar-refractivity contribution in [3.8, 4) is 0 Å². The standard InChI is InChI=1S/C17H21N3O/c1-19(16-9-5-6-10-16)17(21)15-11-18-20(13-15)12-14-7-3-2-4-8-14/h2-4,7-8,11,13,16H,5-6,9-10,12H2,1H3. The average Bonchev–Trinajstić information content (AvgIpc) is 3.18. The zero-order chi connectivity index (χ0) is 14.7. The summed E-state index contributed by atoms with van der Waals surface area (Å²) >= 11 is 0. The summed E-state index contributed by atoms with van der Waals surface area (Å²) in [6.07, 6.45) is 8.24. The molecule has 2 aromatic rings. The number of carbonyl (C=O) groups is 1. The van der Waals surface area contributed by atoms with Gasteiger partial charge in [0.05, 0.1) is 18.3 Å². The van der Waals surface area contributed by atoms with Gasteiger partial charge in [-0.05, 0) is 18.4 Å². The first-order valence-corrected chi connectivity index (χ1v) is 7.57. The van der Waals surface area contributed by atoms with Crippen LogP contribution in [0, 0.1) is 0 Å². The predicted octanol–water partition coefficient (Wildman–Crippen LogP) is 2.95. The minimum absolute atomic E-state index is 0.0845. The molecule has 1 saturated carbocycles. The van der Waals surface area contributed by atoms with E-state index in [-0.39, 0.29) is 5.91 Å². The number of aromatic nitrogens is 2. The molecule has 1 fully saturated rings. The van der Waals surface area contributed by atoms with Crippen molar-refractivity contribution in [2.45, 2.75) is 38.3 Å². The molecule has 1 heterocycles. The molecule has 0 N–H and O–H groups in total. The van der Waals surface area contributed by atoms with Gasteiger partial charge in [-0.15, -0.1) is 0 Å². The van der Waals surface area contributed by atoms with Crippen molar-refractivity contribution in [3.63, 3.8) is 0 Å². The van der Waals surface area contributed by atoms with Crippen LogP contribution in [-0.2, 0) is 6.54 Å². The number of benzene rings is 1. The summed E-state index contributed by atoms with van der Waals surface area (Å²) in [6, 6.07) is 10.5. The van der Waals surface area contributed by atoms with Gasteiger partial charge in [-0.2, -0.15) is 5.10 Å². The van der Waals surface area contributed by atoms with Crippen molar-refractivity contribution < 1.29 is 4.79 Å². The molecule has 1 aliphatic carbocycles. The molecule has 110 valence electrons. The first kappa shape index (κ1) is 13.9. The maximum atomic E-state index is 12.5. The van der Waals surface area contributed by atoms with Gasteiger partial charge in [0.1, 0.15) is 0 Å². The van der Waals surface area contributed by atoms with Crippen LogP contribution in [0.15, 0.2) is 42.7 Å². The highest BCUT2D eigenvalue weighted by Crippen LogP contribution is 2.23.